The molecule has 0 aromatic heterocycles. The fourth-order valence-corrected chi connectivity index (χ4v) is 4.68. The van der Waals surface area contributed by atoms with Gasteiger partial charge in [-0.2, -0.15) is 17.5 Å². The molecule has 0 amide bonds. The molecule has 2 rings (SSSR count). The first kappa shape index (κ1) is 24.5. The minimum absolute atomic E-state index is 0.0800. The summed E-state index contributed by atoms with van der Waals surface area (Å²) in [6, 6.07) is 4.25. The fraction of sp³-hybridized carbons (Fsp3) is 0.650. The number of alkyl halides is 3. The highest BCUT2D eigenvalue weighted by atomic mass is 32.2. The topological polar surface area (TPSA) is 73.8 Å². The average Bonchev–Trinajstić information content (AvgIpc) is 2.64. The SMILES string of the molecule is CCNC(=NCc1c(C)cc(C)cc1C)NCC1CCN(S(=O)(=O)C(F)(F)F)CC1. The van der Waals surface area contributed by atoms with Crippen molar-refractivity contribution in [1.29, 1.82) is 0 Å². The largest absolute Gasteiger partial charge is 0.511 e. The number of nitrogens with one attached hydrogen (secondary N) is 2. The first-order valence-corrected chi connectivity index (χ1v) is 11.5. The maximum absolute atomic E-state index is 12.7. The highest BCUT2D eigenvalue weighted by Gasteiger charge is 2.50. The fourth-order valence-electron chi connectivity index (χ4n) is 3.70. The van der Waals surface area contributed by atoms with E-state index < -0.39 is 15.5 Å². The second-order valence-corrected chi connectivity index (χ2v) is 9.68. The van der Waals surface area contributed by atoms with Crippen molar-refractivity contribution in [2.45, 2.75) is 52.6 Å². The van der Waals surface area contributed by atoms with Crippen molar-refractivity contribution in [1.82, 2.24) is 14.9 Å². The van der Waals surface area contributed by atoms with Gasteiger partial charge in [-0.05, 0) is 63.1 Å². The summed E-state index contributed by atoms with van der Waals surface area (Å²) in [5.41, 5.74) is -0.490. The number of piperidine rings is 1. The predicted molar refractivity (Wildman–Crippen MR) is 113 cm³/mol. The van der Waals surface area contributed by atoms with Crippen LogP contribution in [0.25, 0.3) is 0 Å². The van der Waals surface area contributed by atoms with Crippen molar-refractivity contribution in [2.24, 2.45) is 10.9 Å². The van der Waals surface area contributed by atoms with E-state index in [2.05, 4.69) is 48.5 Å². The van der Waals surface area contributed by atoms with Gasteiger partial charge in [-0.3, -0.25) is 0 Å². The van der Waals surface area contributed by atoms with E-state index in [1.54, 1.807) is 0 Å². The maximum atomic E-state index is 12.7. The Morgan fingerprint density at radius 1 is 1.13 bits per heavy atom. The third-order valence-corrected chi connectivity index (χ3v) is 6.97. The summed E-state index contributed by atoms with van der Waals surface area (Å²) < 4.78 is 61.6. The lowest BCUT2D eigenvalue weighted by Crippen LogP contribution is -2.47. The zero-order valence-corrected chi connectivity index (χ0v) is 18.8. The lowest BCUT2D eigenvalue weighted by Gasteiger charge is -2.31. The summed E-state index contributed by atoms with van der Waals surface area (Å²) in [6.45, 7) is 9.63. The number of benzene rings is 1. The number of hydrogen-bond acceptors (Lipinski definition) is 3. The summed E-state index contributed by atoms with van der Waals surface area (Å²) in [5, 5.41) is 6.42. The van der Waals surface area contributed by atoms with Crippen LogP contribution in [0.5, 0.6) is 0 Å². The van der Waals surface area contributed by atoms with Crippen LogP contribution in [0.1, 0.15) is 42.0 Å². The number of sulfonamides is 1. The lowest BCUT2D eigenvalue weighted by molar-refractivity contribution is -0.0496. The molecule has 0 spiro atoms. The number of guanidine groups is 1. The zero-order valence-electron chi connectivity index (χ0n) is 17.9. The van der Waals surface area contributed by atoms with Crippen molar-refractivity contribution in [3.8, 4) is 0 Å². The van der Waals surface area contributed by atoms with Crippen LogP contribution in [0.4, 0.5) is 13.2 Å². The van der Waals surface area contributed by atoms with Gasteiger partial charge >= 0.3 is 15.5 Å². The van der Waals surface area contributed by atoms with Gasteiger partial charge in [-0.25, -0.2) is 13.4 Å². The monoisotopic (exact) mass is 448 g/mol. The molecule has 0 bridgehead atoms. The molecule has 1 heterocycles. The molecule has 1 fully saturated rings. The van der Waals surface area contributed by atoms with Crippen LogP contribution in [0.2, 0.25) is 0 Å². The Kier molecular flexibility index (Phi) is 8.15. The van der Waals surface area contributed by atoms with E-state index in [-0.39, 0.29) is 19.0 Å². The van der Waals surface area contributed by atoms with Gasteiger partial charge in [0.1, 0.15) is 0 Å². The number of hydrogen-bond donors (Lipinski definition) is 2. The number of aliphatic imine (C=N–C) groups is 1. The average molecular weight is 449 g/mol. The Balaban J connectivity index is 1.94. The van der Waals surface area contributed by atoms with E-state index in [1.807, 2.05) is 6.92 Å². The molecular formula is C20H31F3N4O2S. The second-order valence-electron chi connectivity index (χ2n) is 7.75. The highest BCUT2D eigenvalue weighted by Crippen LogP contribution is 2.30. The molecule has 1 aliphatic rings. The van der Waals surface area contributed by atoms with Crippen LogP contribution < -0.4 is 10.6 Å². The van der Waals surface area contributed by atoms with Gasteiger partial charge in [0.05, 0.1) is 6.54 Å². The number of rotatable bonds is 6. The minimum Gasteiger partial charge on any atom is -0.357 e. The van der Waals surface area contributed by atoms with Gasteiger partial charge in [0.15, 0.2) is 5.96 Å². The Bertz CT molecular complexity index is 838. The minimum atomic E-state index is -5.24. The second kappa shape index (κ2) is 10.00. The van der Waals surface area contributed by atoms with Crippen molar-refractivity contribution >= 4 is 16.0 Å². The molecule has 0 aliphatic carbocycles. The van der Waals surface area contributed by atoms with E-state index in [9.17, 15) is 21.6 Å². The molecule has 170 valence electrons. The third-order valence-electron chi connectivity index (χ3n) is 5.34. The van der Waals surface area contributed by atoms with Crippen LogP contribution in [-0.4, -0.2) is 50.4 Å². The van der Waals surface area contributed by atoms with E-state index in [0.29, 0.717) is 42.7 Å². The molecule has 0 radical (unpaired) electrons. The molecule has 0 atom stereocenters. The summed E-state index contributed by atoms with van der Waals surface area (Å²) >= 11 is 0. The number of aryl methyl sites for hydroxylation is 3. The number of nitrogens with zero attached hydrogens (tertiary/aromatic N) is 2. The van der Waals surface area contributed by atoms with Crippen LogP contribution in [0, 0.1) is 26.7 Å². The third kappa shape index (κ3) is 6.10. The molecule has 1 saturated heterocycles. The first-order chi connectivity index (χ1) is 14.0. The standard InChI is InChI=1S/C20H31F3N4O2S/c1-5-24-19(26-13-18-15(3)10-14(2)11-16(18)4)25-12-17-6-8-27(9-7-17)30(28,29)20(21,22)23/h10-11,17H,5-9,12-13H2,1-4H3,(H2,24,25,26). The van der Waals surface area contributed by atoms with E-state index >= 15 is 0 Å². The van der Waals surface area contributed by atoms with Crippen LogP contribution in [0.15, 0.2) is 17.1 Å². The van der Waals surface area contributed by atoms with Gasteiger partial charge in [0.25, 0.3) is 0 Å². The molecule has 6 nitrogen and oxygen atoms in total. The summed E-state index contributed by atoms with van der Waals surface area (Å²) in [4.78, 5) is 4.65. The van der Waals surface area contributed by atoms with Gasteiger partial charge in [-0.15, -0.1) is 0 Å². The van der Waals surface area contributed by atoms with Crippen molar-refractivity contribution < 1.29 is 21.6 Å². The van der Waals surface area contributed by atoms with Crippen LogP contribution >= 0.6 is 0 Å². The predicted octanol–water partition coefficient (Wildman–Crippen LogP) is 3.23. The Hall–Kier alpha value is -1.81. The zero-order chi connectivity index (χ0) is 22.5. The first-order valence-electron chi connectivity index (χ1n) is 10.1. The Morgan fingerprint density at radius 3 is 2.20 bits per heavy atom. The molecule has 1 aliphatic heterocycles. The number of halogens is 3. The summed E-state index contributed by atoms with van der Waals surface area (Å²) in [5.74, 6) is 0.721. The van der Waals surface area contributed by atoms with Crippen molar-refractivity contribution in [3.63, 3.8) is 0 Å². The smallest absolute Gasteiger partial charge is 0.357 e. The molecule has 30 heavy (non-hydrogen) atoms. The van der Waals surface area contributed by atoms with E-state index in [1.165, 1.54) is 22.3 Å². The molecule has 2 N–H and O–H groups in total. The quantitative estimate of drug-likeness (QED) is 0.518. The van der Waals surface area contributed by atoms with Gasteiger partial charge in [0.2, 0.25) is 0 Å². The van der Waals surface area contributed by atoms with Crippen molar-refractivity contribution in [2.75, 3.05) is 26.2 Å². The molecule has 0 unspecified atom stereocenters. The normalized spacial score (nSPS) is 17.2. The van der Waals surface area contributed by atoms with E-state index in [0.717, 1.165) is 0 Å². The van der Waals surface area contributed by atoms with E-state index in [4.69, 9.17) is 0 Å². The lowest BCUT2D eigenvalue weighted by atomic mass is 9.98. The summed E-state index contributed by atoms with van der Waals surface area (Å²) in [6.07, 6.45) is 0.746. The van der Waals surface area contributed by atoms with Crippen LogP contribution in [0.3, 0.4) is 0 Å². The summed E-state index contributed by atoms with van der Waals surface area (Å²) in [7, 11) is -5.24. The van der Waals surface area contributed by atoms with Crippen LogP contribution in [-0.2, 0) is 16.6 Å². The van der Waals surface area contributed by atoms with Gasteiger partial charge in [-0.1, -0.05) is 17.7 Å². The Morgan fingerprint density at radius 2 is 1.70 bits per heavy atom. The molecule has 1 aromatic carbocycles. The van der Waals surface area contributed by atoms with Gasteiger partial charge in [0, 0.05) is 26.2 Å². The molecule has 1 aromatic rings. The molecule has 0 saturated carbocycles. The van der Waals surface area contributed by atoms with Crippen molar-refractivity contribution in [3.05, 3.63) is 34.4 Å². The maximum Gasteiger partial charge on any atom is 0.511 e. The molecular weight excluding hydrogens is 417 g/mol. The Labute approximate surface area is 177 Å². The van der Waals surface area contributed by atoms with Gasteiger partial charge < -0.3 is 10.6 Å². The molecule has 10 heteroatoms. The highest BCUT2D eigenvalue weighted by molar-refractivity contribution is 7.90.